The molecule has 0 spiro atoms. The second-order valence-corrected chi connectivity index (χ2v) is 7.81. The highest BCUT2D eigenvalue weighted by molar-refractivity contribution is 7.13. The van der Waals surface area contributed by atoms with Crippen molar-refractivity contribution >= 4 is 22.4 Å². The zero-order chi connectivity index (χ0) is 19.8. The number of rotatable bonds is 3. The fourth-order valence-electron chi connectivity index (χ4n) is 3.62. The summed E-state index contributed by atoms with van der Waals surface area (Å²) in [6.07, 6.45) is -0.552. The molecule has 5 rings (SSSR count). The first-order chi connectivity index (χ1) is 14.2. The van der Waals surface area contributed by atoms with E-state index >= 15 is 0 Å². The topological polar surface area (TPSA) is 86.9 Å². The molecule has 2 aliphatic heterocycles. The maximum atomic E-state index is 13.1. The number of carbonyl (C=O) groups is 1. The Balaban J connectivity index is 1.46. The van der Waals surface area contributed by atoms with E-state index in [-0.39, 0.29) is 24.9 Å². The van der Waals surface area contributed by atoms with E-state index in [1.807, 2.05) is 48.5 Å². The summed E-state index contributed by atoms with van der Waals surface area (Å²) in [6, 6.07) is 15.7. The highest BCUT2D eigenvalue weighted by atomic mass is 32.1. The number of aromatic nitrogens is 1. The van der Waals surface area contributed by atoms with Crippen molar-refractivity contribution in [1.82, 2.24) is 9.88 Å². The van der Waals surface area contributed by atoms with Gasteiger partial charge in [0.05, 0.1) is 13.1 Å². The molecule has 2 N–H and O–H groups in total. The van der Waals surface area contributed by atoms with E-state index in [2.05, 4.69) is 4.98 Å². The first-order valence-electron chi connectivity index (χ1n) is 9.27. The molecule has 1 aromatic heterocycles. The van der Waals surface area contributed by atoms with Crippen LogP contribution < -0.4 is 15.2 Å². The smallest absolute Gasteiger partial charge is 0.273 e. The van der Waals surface area contributed by atoms with E-state index in [0.717, 1.165) is 16.9 Å². The number of thiazole rings is 1. The monoisotopic (exact) mass is 409 g/mol. The summed E-state index contributed by atoms with van der Waals surface area (Å²) in [5.74, 6) is 1.26. The zero-order valence-electron chi connectivity index (χ0n) is 15.5. The lowest BCUT2D eigenvalue weighted by atomic mass is 10.0. The van der Waals surface area contributed by atoms with Gasteiger partial charge in [-0.15, -0.1) is 11.3 Å². The minimum absolute atomic E-state index is 0.145. The first kappa shape index (κ1) is 18.0. The lowest BCUT2D eigenvalue weighted by Crippen LogP contribution is -2.43. The molecule has 2 atom stereocenters. The number of hydrogen-bond donors (Lipinski definition) is 1. The summed E-state index contributed by atoms with van der Waals surface area (Å²) in [5.41, 5.74) is 8.04. The lowest BCUT2D eigenvalue weighted by molar-refractivity contribution is -0.0798. The fraction of sp³-hybridized carbons (Fsp3) is 0.238. The summed E-state index contributed by atoms with van der Waals surface area (Å²) in [5, 5.41) is 2.08. The molecule has 8 heteroatoms. The van der Waals surface area contributed by atoms with Crippen LogP contribution >= 0.6 is 11.3 Å². The second kappa shape index (κ2) is 7.38. The Kier molecular flexibility index (Phi) is 4.57. The van der Waals surface area contributed by atoms with Crippen molar-refractivity contribution < 1.29 is 19.0 Å². The number of fused-ring (bicyclic) bond motifs is 1. The molecule has 1 amide bonds. The van der Waals surface area contributed by atoms with Crippen LogP contribution in [0.4, 0.5) is 5.13 Å². The molecule has 148 valence electrons. The van der Waals surface area contributed by atoms with Gasteiger partial charge >= 0.3 is 0 Å². The Labute approximate surface area is 171 Å². The first-order valence-corrected chi connectivity index (χ1v) is 10.2. The fourth-order valence-corrected chi connectivity index (χ4v) is 4.16. The lowest BCUT2D eigenvalue weighted by Gasteiger charge is -2.38. The van der Waals surface area contributed by atoms with Gasteiger partial charge in [0.2, 0.25) is 6.79 Å². The maximum absolute atomic E-state index is 13.1. The van der Waals surface area contributed by atoms with Crippen LogP contribution in [0.15, 0.2) is 53.9 Å². The molecule has 1 saturated heterocycles. The van der Waals surface area contributed by atoms with Gasteiger partial charge < -0.3 is 24.8 Å². The Bertz CT molecular complexity index is 1040. The van der Waals surface area contributed by atoms with Crippen LogP contribution in [0.25, 0.3) is 0 Å². The van der Waals surface area contributed by atoms with Crippen molar-refractivity contribution in [3.05, 3.63) is 70.7 Å². The van der Waals surface area contributed by atoms with E-state index in [1.165, 1.54) is 11.3 Å². The van der Waals surface area contributed by atoms with Gasteiger partial charge in [0, 0.05) is 5.38 Å². The molecule has 2 aromatic carbocycles. The summed E-state index contributed by atoms with van der Waals surface area (Å²) >= 11 is 1.26. The summed E-state index contributed by atoms with van der Waals surface area (Å²) < 4.78 is 17.3. The van der Waals surface area contributed by atoms with E-state index in [9.17, 15) is 4.79 Å². The van der Waals surface area contributed by atoms with Gasteiger partial charge in [0.25, 0.3) is 5.91 Å². The normalized spacial score (nSPS) is 20.6. The Morgan fingerprint density at radius 2 is 1.79 bits per heavy atom. The highest BCUT2D eigenvalue weighted by Gasteiger charge is 2.34. The van der Waals surface area contributed by atoms with Crippen LogP contribution in [-0.2, 0) is 4.74 Å². The van der Waals surface area contributed by atoms with Crippen molar-refractivity contribution in [3.63, 3.8) is 0 Å². The van der Waals surface area contributed by atoms with Crippen LogP contribution in [0.2, 0.25) is 0 Å². The predicted octanol–water partition coefficient (Wildman–Crippen LogP) is 3.41. The number of hydrogen-bond acceptors (Lipinski definition) is 7. The van der Waals surface area contributed by atoms with Crippen LogP contribution in [0.3, 0.4) is 0 Å². The molecule has 7 nitrogen and oxygen atoms in total. The maximum Gasteiger partial charge on any atom is 0.273 e. The van der Waals surface area contributed by atoms with E-state index in [0.29, 0.717) is 29.7 Å². The largest absolute Gasteiger partial charge is 0.454 e. The van der Waals surface area contributed by atoms with Gasteiger partial charge in [0.15, 0.2) is 16.6 Å². The van der Waals surface area contributed by atoms with Crippen LogP contribution in [0.5, 0.6) is 11.5 Å². The number of anilines is 1. The van der Waals surface area contributed by atoms with Gasteiger partial charge in [-0.2, -0.15) is 0 Å². The van der Waals surface area contributed by atoms with Gasteiger partial charge in [-0.1, -0.05) is 36.4 Å². The molecule has 2 aliphatic rings. The summed E-state index contributed by atoms with van der Waals surface area (Å²) in [4.78, 5) is 19.0. The number of nitrogen functional groups attached to an aromatic ring is 1. The van der Waals surface area contributed by atoms with Gasteiger partial charge in [0.1, 0.15) is 17.9 Å². The number of nitrogens with two attached hydrogens (primary N) is 1. The van der Waals surface area contributed by atoms with E-state index in [1.54, 1.807) is 10.3 Å². The predicted molar refractivity (Wildman–Crippen MR) is 108 cm³/mol. The molecule has 0 aliphatic carbocycles. The van der Waals surface area contributed by atoms with Crippen molar-refractivity contribution in [2.45, 2.75) is 12.2 Å². The molecule has 3 aromatic rings. The van der Waals surface area contributed by atoms with Gasteiger partial charge in [-0.25, -0.2) is 4.98 Å². The number of amides is 1. The zero-order valence-corrected chi connectivity index (χ0v) is 16.3. The summed E-state index contributed by atoms with van der Waals surface area (Å²) in [7, 11) is 0. The van der Waals surface area contributed by atoms with E-state index < -0.39 is 0 Å². The minimum atomic E-state index is -0.302. The molecule has 1 fully saturated rings. The second-order valence-electron chi connectivity index (χ2n) is 6.92. The third-order valence-electron chi connectivity index (χ3n) is 5.07. The number of carbonyl (C=O) groups excluding carboxylic acids is 1. The Morgan fingerprint density at radius 3 is 2.55 bits per heavy atom. The van der Waals surface area contributed by atoms with Gasteiger partial charge in [-0.05, 0) is 23.3 Å². The van der Waals surface area contributed by atoms with Crippen molar-refractivity contribution in [1.29, 1.82) is 0 Å². The molecule has 3 heterocycles. The molecule has 0 bridgehead atoms. The number of benzene rings is 2. The summed E-state index contributed by atoms with van der Waals surface area (Å²) in [6.45, 7) is 1.08. The number of nitrogens with zero attached hydrogens (tertiary/aromatic N) is 2. The standard InChI is InChI=1S/C21H19N3O4S/c22-21-23-15(11-29-21)20(25)24-9-18(13-4-2-1-3-5-13)28-19(10-24)14-6-7-16-17(8-14)27-12-26-16/h1-8,11,18-19H,9-10,12H2,(H2,22,23)/t18-,19+/m0/s1. The number of morpholine rings is 1. The van der Waals surface area contributed by atoms with Crippen molar-refractivity contribution in [2.24, 2.45) is 0 Å². The molecule has 29 heavy (non-hydrogen) atoms. The average Bonchev–Trinajstić information content (AvgIpc) is 3.41. The van der Waals surface area contributed by atoms with Gasteiger partial charge in [-0.3, -0.25) is 4.79 Å². The van der Waals surface area contributed by atoms with Crippen LogP contribution in [-0.4, -0.2) is 35.7 Å². The minimum Gasteiger partial charge on any atom is -0.454 e. The van der Waals surface area contributed by atoms with E-state index in [4.69, 9.17) is 19.9 Å². The third-order valence-corrected chi connectivity index (χ3v) is 5.74. The van der Waals surface area contributed by atoms with Crippen molar-refractivity contribution in [3.8, 4) is 11.5 Å². The van der Waals surface area contributed by atoms with Crippen LogP contribution in [0, 0.1) is 0 Å². The Hall–Kier alpha value is -3.10. The molecule has 0 radical (unpaired) electrons. The highest BCUT2D eigenvalue weighted by Crippen LogP contribution is 2.39. The molecule has 0 saturated carbocycles. The van der Waals surface area contributed by atoms with Crippen molar-refractivity contribution in [2.75, 3.05) is 25.6 Å². The average molecular weight is 409 g/mol. The molecular weight excluding hydrogens is 390 g/mol. The number of ether oxygens (including phenoxy) is 3. The third kappa shape index (κ3) is 3.52. The quantitative estimate of drug-likeness (QED) is 0.713. The van der Waals surface area contributed by atoms with Crippen LogP contribution in [0.1, 0.15) is 33.8 Å². The Morgan fingerprint density at radius 1 is 1.03 bits per heavy atom. The molecule has 0 unspecified atom stereocenters. The SMILES string of the molecule is Nc1nc(C(=O)N2C[C@@H](c3ccccc3)O[C@@H](c3ccc4c(c3)OCO4)C2)cs1. The molecular formula is C21H19N3O4S.